The number of halogens is 1. The second-order valence-corrected chi connectivity index (χ2v) is 2.53. The highest BCUT2D eigenvalue weighted by Gasteiger charge is 1.97. The van der Waals surface area contributed by atoms with Gasteiger partial charge in [0.05, 0.1) is 4.47 Å². The first-order valence-electron chi connectivity index (χ1n) is 2.70. The van der Waals surface area contributed by atoms with Gasteiger partial charge in [-0.2, -0.15) is 4.98 Å². The Balaban J connectivity index is 3.04. The van der Waals surface area contributed by atoms with Crippen LogP contribution >= 0.6 is 15.9 Å². The van der Waals surface area contributed by atoms with Crippen LogP contribution in [-0.4, -0.2) is 17.0 Å². The quantitative estimate of drug-likeness (QED) is 0.710. The molecule has 0 spiro atoms. The molecule has 54 valence electrons. The monoisotopic (exact) mass is 202 g/mol. The molecule has 0 aromatic carbocycles. The van der Waals surface area contributed by atoms with Gasteiger partial charge >= 0.3 is 0 Å². The van der Waals surface area contributed by atoms with Gasteiger partial charge < -0.3 is 11.1 Å². The first-order chi connectivity index (χ1) is 4.74. The van der Waals surface area contributed by atoms with Crippen LogP contribution in [0.15, 0.2) is 10.7 Å². The number of hydrogen-bond donors (Lipinski definition) is 2. The number of aromatic nitrogens is 2. The Labute approximate surface area is 67.0 Å². The van der Waals surface area contributed by atoms with Crippen molar-refractivity contribution in [2.75, 3.05) is 18.1 Å². The van der Waals surface area contributed by atoms with E-state index in [2.05, 4.69) is 31.2 Å². The summed E-state index contributed by atoms with van der Waals surface area (Å²) < 4.78 is 0.714. The standard InChI is InChI=1S/C5H7BrN4/c1-8-5-9-2-3(6)4(7)10-5/h2H,1H3,(H3,7,8,9,10). The number of nitrogens with two attached hydrogens (primary N) is 1. The molecule has 5 heteroatoms. The SMILES string of the molecule is CNc1ncc(Br)c(N)n1. The highest BCUT2D eigenvalue weighted by atomic mass is 79.9. The van der Waals surface area contributed by atoms with Gasteiger partial charge in [0, 0.05) is 13.2 Å². The zero-order chi connectivity index (χ0) is 7.56. The van der Waals surface area contributed by atoms with Gasteiger partial charge in [0.25, 0.3) is 0 Å². The molecule has 1 heterocycles. The first kappa shape index (κ1) is 7.27. The van der Waals surface area contributed by atoms with E-state index in [1.807, 2.05) is 0 Å². The topological polar surface area (TPSA) is 63.8 Å². The van der Waals surface area contributed by atoms with Crippen molar-refractivity contribution in [1.29, 1.82) is 0 Å². The molecule has 1 rings (SSSR count). The minimum absolute atomic E-state index is 0.444. The lowest BCUT2D eigenvalue weighted by molar-refractivity contribution is 1.15. The summed E-state index contributed by atoms with van der Waals surface area (Å²) in [6, 6.07) is 0. The Hall–Kier alpha value is -0.840. The molecule has 1 aromatic heterocycles. The fourth-order valence-electron chi connectivity index (χ4n) is 0.501. The van der Waals surface area contributed by atoms with Crippen molar-refractivity contribution in [3.8, 4) is 0 Å². The predicted octanol–water partition coefficient (Wildman–Crippen LogP) is 0.863. The summed E-state index contributed by atoms with van der Waals surface area (Å²) in [5.41, 5.74) is 5.46. The maximum absolute atomic E-state index is 5.46. The van der Waals surface area contributed by atoms with Crippen molar-refractivity contribution in [3.05, 3.63) is 10.7 Å². The molecule has 0 radical (unpaired) electrons. The van der Waals surface area contributed by atoms with Crippen LogP contribution in [0.2, 0.25) is 0 Å². The normalized spacial score (nSPS) is 9.40. The van der Waals surface area contributed by atoms with Crippen molar-refractivity contribution in [2.45, 2.75) is 0 Å². The second-order valence-electron chi connectivity index (χ2n) is 1.68. The molecule has 0 aliphatic carbocycles. The lowest BCUT2D eigenvalue weighted by atomic mass is 10.6. The van der Waals surface area contributed by atoms with Gasteiger partial charge in [-0.05, 0) is 15.9 Å². The van der Waals surface area contributed by atoms with Gasteiger partial charge in [0.1, 0.15) is 5.82 Å². The van der Waals surface area contributed by atoms with Crippen LogP contribution in [0.1, 0.15) is 0 Å². The molecule has 10 heavy (non-hydrogen) atoms. The van der Waals surface area contributed by atoms with Crippen LogP contribution < -0.4 is 11.1 Å². The van der Waals surface area contributed by atoms with Crippen molar-refractivity contribution in [2.24, 2.45) is 0 Å². The molecule has 0 bridgehead atoms. The Kier molecular flexibility index (Phi) is 2.06. The Bertz CT molecular complexity index is 237. The van der Waals surface area contributed by atoms with E-state index in [1.165, 1.54) is 0 Å². The van der Waals surface area contributed by atoms with Crippen LogP contribution in [0.4, 0.5) is 11.8 Å². The number of hydrogen-bond acceptors (Lipinski definition) is 4. The number of nitrogens with zero attached hydrogens (tertiary/aromatic N) is 2. The third-order valence-electron chi connectivity index (χ3n) is 0.995. The van der Waals surface area contributed by atoms with Crippen molar-refractivity contribution in [1.82, 2.24) is 9.97 Å². The minimum Gasteiger partial charge on any atom is -0.383 e. The highest BCUT2D eigenvalue weighted by molar-refractivity contribution is 9.10. The van der Waals surface area contributed by atoms with Gasteiger partial charge in [0.2, 0.25) is 5.95 Å². The molecule has 0 unspecified atom stereocenters. The van der Waals surface area contributed by atoms with E-state index in [0.29, 0.717) is 16.2 Å². The van der Waals surface area contributed by atoms with Gasteiger partial charge in [-0.15, -0.1) is 0 Å². The van der Waals surface area contributed by atoms with Crippen LogP contribution in [0, 0.1) is 0 Å². The molecule has 0 saturated carbocycles. The molecule has 4 nitrogen and oxygen atoms in total. The van der Waals surface area contributed by atoms with E-state index in [0.717, 1.165) is 0 Å². The van der Waals surface area contributed by atoms with E-state index < -0.39 is 0 Å². The molecule has 0 saturated heterocycles. The number of nitrogens with one attached hydrogen (secondary N) is 1. The summed E-state index contributed by atoms with van der Waals surface area (Å²) in [6.07, 6.45) is 1.61. The van der Waals surface area contributed by atoms with Gasteiger partial charge in [-0.25, -0.2) is 4.98 Å². The maximum Gasteiger partial charge on any atom is 0.224 e. The van der Waals surface area contributed by atoms with E-state index in [-0.39, 0.29) is 0 Å². The smallest absolute Gasteiger partial charge is 0.224 e. The third kappa shape index (κ3) is 1.36. The van der Waals surface area contributed by atoms with Gasteiger partial charge in [0.15, 0.2) is 0 Å². The lowest BCUT2D eigenvalue weighted by Gasteiger charge is -1.99. The Morgan fingerprint density at radius 2 is 2.40 bits per heavy atom. The Morgan fingerprint density at radius 1 is 1.70 bits per heavy atom. The number of rotatable bonds is 1. The largest absolute Gasteiger partial charge is 0.383 e. The molecule has 0 aliphatic rings. The van der Waals surface area contributed by atoms with E-state index in [1.54, 1.807) is 13.2 Å². The maximum atomic E-state index is 5.46. The molecule has 1 aromatic rings. The van der Waals surface area contributed by atoms with E-state index in [9.17, 15) is 0 Å². The van der Waals surface area contributed by atoms with E-state index in [4.69, 9.17) is 5.73 Å². The summed E-state index contributed by atoms with van der Waals surface area (Å²) in [4.78, 5) is 7.81. The molecule has 0 amide bonds. The zero-order valence-corrected chi connectivity index (χ0v) is 7.01. The zero-order valence-electron chi connectivity index (χ0n) is 5.43. The number of anilines is 2. The fraction of sp³-hybridized carbons (Fsp3) is 0.200. The first-order valence-corrected chi connectivity index (χ1v) is 3.49. The predicted molar refractivity (Wildman–Crippen MR) is 43.7 cm³/mol. The molecule has 0 aliphatic heterocycles. The average Bonchev–Trinajstić information content (AvgIpc) is 1.95. The summed E-state index contributed by atoms with van der Waals surface area (Å²) >= 11 is 3.18. The molecular formula is C5H7BrN4. The average molecular weight is 203 g/mol. The van der Waals surface area contributed by atoms with Crippen LogP contribution in [0.25, 0.3) is 0 Å². The summed E-state index contributed by atoms with van der Waals surface area (Å²) in [5, 5.41) is 2.77. The minimum atomic E-state index is 0.444. The highest BCUT2D eigenvalue weighted by Crippen LogP contribution is 2.15. The summed E-state index contributed by atoms with van der Waals surface area (Å²) in [5.74, 6) is 0.972. The fourth-order valence-corrected chi connectivity index (χ4v) is 0.692. The van der Waals surface area contributed by atoms with Gasteiger partial charge in [-0.1, -0.05) is 0 Å². The summed E-state index contributed by atoms with van der Waals surface area (Å²) in [6.45, 7) is 0. The molecule has 0 fully saturated rings. The Morgan fingerprint density at radius 3 is 2.90 bits per heavy atom. The van der Waals surface area contributed by atoms with Crippen molar-refractivity contribution < 1.29 is 0 Å². The molecule has 3 N–H and O–H groups in total. The van der Waals surface area contributed by atoms with Crippen molar-refractivity contribution >= 4 is 27.7 Å². The second kappa shape index (κ2) is 2.83. The van der Waals surface area contributed by atoms with Gasteiger partial charge in [-0.3, -0.25) is 0 Å². The van der Waals surface area contributed by atoms with Crippen molar-refractivity contribution in [3.63, 3.8) is 0 Å². The lowest BCUT2D eigenvalue weighted by Crippen LogP contribution is -1.99. The van der Waals surface area contributed by atoms with Crippen LogP contribution in [0.5, 0.6) is 0 Å². The molecular weight excluding hydrogens is 196 g/mol. The molecule has 0 atom stereocenters. The van der Waals surface area contributed by atoms with Crippen LogP contribution in [0.3, 0.4) is 0 Å². The van der Waals surface area contributed by atoms with E-state index >= 15 is 0 Å². The third-order valence-corrected chi connectivity index (χ3v) is 1.61. The summed E-state index contributed by atoms with van der Waals surface area (Å²) in [7, 11) is 1.74. The number of nitrogen functional groups attached to an aromatic ring is 1. The van der Waals surface area contributed by atoms with Crippen LogP contribution in [-0.2, 0) is 0 Å².